The zero-order chi connectivity index (χ0) is 13.9. The van der Waals surface area contributed by atoms with Gasteiger partial charge in [0.2, 0.25) is 5.91 Å². The van der Waals surface area contributed by atoms with Crippen LogP contribution in [0.1, 0.15) is 32.6 Å². The van der Waals surface area contributed by atoms with E-state index in [-0.39, 0.29) is 11.9 Å². The Hall–Kier alpha value is -0.650. The maximum Gasteiger partial charge on any atom is 0.220 e. The third-order valence-corrected chi connectivity index (χ3v) is 3.45. The van der Waals surface area contributed by atoms with Gasteiger partial charge in [0.1, 0.15) is 0 Å². The lowest BCUT2D eigenvalue weighted by molar-refractivity contribution is -0.122. The Morgan fingerprint density at radius 1 is 1.37 bits per heavy atom. The standard InChI is InChI=1S/C14H28N2O3/c1-12(11-19-10-9-18-2)16-14(17)4-3-13-5-7-15-8-6-13/h12-13,15H,3-11H2,1-2H3,(H,16,17). The molecule has 1 aliphatic heterocycles. The van der Waals surface area contributed by atoms with Crippen LogP contribution in [0.4, 0.5) is 0 Å². The highest BCUT2D eigenvalue weighted by Crippen LogP contribution is 2.17. The van der Waals surface area contributed by atoms with Gasteiger partial charge < -0.3 is 20.1 Å². The Morgan fingerprint density at radius 3 is 2.79 bits per heavy atom. The van der Waals surface area contributed by atoms with Crippen molar-refractivity contribution in [1.82, 2.24) is 10.6 Å². The molecule has 0 bridgehead atoms. The van der Waals surface area contributed by atoms with E-state index in [1.165, 1.54) is 12.8 Å². The summed E-state index contributed by atoms with van der Waals surface area (Å²) in [5.74, 6) is 0.849. The normalized spacial score (nSPS) is 18.2. The molecule has 0 aromatic carbocycles. The van der Waals surface area contributed by atoms with Crippen LogP contribution in [0.5, 0.6) is 0 Å². The second-order valence-electron chi connectivity index (χ2n) is 5.27. The first-order valence-electron chi connectivity index (χ1n) is 7.29. The van der Waals surface area contributed by atoms with Crippen LogP contribution in [0.25, 0.3) is 0 Å². The second kappa shape index (κ2) is 10.2. The van der Waals surface area contributed by atoms with Crippen molar-refractivity contribution in [2.45, 2.75) is 38.6 Å². The predicted molar refractivity (Wildman–Crippen MR) is 75.1 cm³/mol. The number of hydrogen-bond donors (Lipinski definition) is 2. The van der Waals surface area contributed by atoms with Crippen LogP contribution in [0.3, 0.4) is 0 Å². The lowest BCUT2D eigenvalue weighted by Gasteiger charge is -2.22. The third kappa shape index (κ3) is 8.18. The first-order valence-corrected chi connectivity index (χ1v) is 7.29. The highest BCUT2D eigenvalue weighted by atomic mass is 16.5. The minimum absolute atomic E-state index is 0.0670. The van der Waals surface area contributed by atoms with E-state index in [2.05, 4.69) is 10.6 Å². The highest BCUT2D eigenvalue weighted by molar-refractivity contribution is 5.76. The molecule has 1 aliphatic rings. The zero-order valence-corrected chi connectivity index (χ0v) is 12.2. The molecule has 1 amide bonds. The number of amides is 1. The van der Waals surface area contributed by atoms with Gasteiger partial charge in [-0.15, -0.1) is 0 Å². The first kappa shape index (κ1) is 16.4. The van der Waals surface area contributed by atoms with Crippen molar-refractivity contribution >= 4 is 5.91 Å². The van der Waals surface area contributed by atoms with E-state index >= 15 is 0 Å². The first-order chi connectivity index (χ1) is 9.22. The molecule has 0 aliphatic carbocycles. The van der Waals surface area contributed by atoms with Crippen LogP contribution >= 0.6 is 0 Å². The van der Waals surface area contributed by atoms with E-state index in [9.17, 15) is 4.79 Å². The van der Waals surface area contributed by atoms with Gasteiger partial charge in [-0.2, -0.15) is 0 Å². The number of carbonyl (C=O) groups is 1. The Kier molecular flexibility index (Phi) is 8.79. The number of methoxy groups -OCH3 is 1. The fraction of sp³-hybridized carbons (Fsp3) is 0.929. The lowest BCUT2D eigenvalue weighted by Crippen LogP contribution is -2.36. The molecule has 1 saturated heterocycles. The highest BCUT2D eigenvalue weighted by Gasteiger charge is 2.15. The molecule has 1 unspecified atom stereocenters. The SMILES string of the molecule is COCCOCC(C)NC(=O)CCC1CCNCC1. The van der Waals surface area contributed by atoms with E-state index in [4.69, 9.17) is 9.47 Å². The topological polar surface area (TPSA) is 59.6 Å². The molecule has 1 heterocycles. The smallest absolute Gasteiger partial charge is 0.220 e. The van der Waals surface area contributed by atoms with Crippen molar-refractivity contribution in [1.29, 1.82) is 0 Å². The molecule has 0 saturated carbocycles. The van der Waals surface area contributed by atoms with Crippen molar-refractivity contribution in [2.24, 2.45) is 5.92 Å². The summed E-state index contributed by atoms with van der Waals surface area (Å²) < 4.78 is 10.3. The van der Waals surface area contributed by atoms with E-state index in [1.54, 1.807) is 7.11 Å². The Bertz CT molecular complexity index is 243. The minimum atomic E-state index is 0.0670. The lowest BCUT2D eigenvalue weighted by atomic mass is 9.93. The van der Waals surface area contributed by atoms with E-state index in [1.807, 2.05) is 6.92 Å². The summed E-state index contributed by atoms with van der Waals surface area (Å²) in [7, 11) is 1.65. The van der Waals surface area contributed by atoms with E-state index < -0.39 is 0 Å². The maximum atomic E-state index is 11.8. The Morgan fingerprint density at radius 2 is 2.11 bits per heavy atom. The molecule has 1 atom stereocenters. The van der Waals surface area contributed by atoms with Crippen LogP contribution in [-0.2, 0) is 14.3 Å². The zero-order valence-electron chi connectivity index (χ0n) is 12.2. The second-order valence-corrected chi connectivity index (χ2v) is 5.27. The van der Waals surface area contributed by atoms with Crippen molar-refractivity contribution in [3.63, 3.8) is 0 Å². The summed E-state index contributed by atoms with van der Waals surface area (Å²) in [5.41, 5.74) is 0. The maximum absolute atomic E-state index is 11.8. The van der Waals surface area contributed by atoms with Gasteiger partial charge >= 0.3 is 0 Å². The largest absolute Gasteiger partial charge is 0.382 e. The fourth-order valence-electron chi connectivity index (χ4n) is 2.30. The molecule has 0 radical (unpaired) electrons. The van der Waals surface area contributed by atoms with Gasteiger partial charge in [-0.05, 0) is 45.2 Å². The number of carbonyl (C=O) groups excluding carboxylic acids is 1. The summed E-state index contributed by atoms with van der Waals surface area (Å²) >= 11 is 0. The molecule has 1 fully saturated rings. The molecule has 19 heavy (non-hydrogen) atoms. The van der Waals surface area contributed by atoms with Crippen molar-refractivity contribution < 1.29 is 14.3 Å². The predicted octanol–water partition coefficient (Wildman–Crippen LogP) is 0.934. The molecule has 5 nitrogen and oxygen atoms in total. The quantitative estimate of drug-likeness (QED) is 0.613. The Labute approximate surface area is 116 Å². The molecular weight excluding hydrogens is 244 g/mol. The number of piperidine rings is 1. The average molecular weight is 272 g/mol. The molecule has 0 aromatic rings. The monoisotopic (exact) mass is 272 g/mol. The summed E-state index contributed by atoms with van der Waals surface area (Å²) in [6.07, 6.45) is 4.03. The fourth-order valence-corrected chi connectivity index (χ4v) is 2.30. The van der Waals surface area contributed by atoms with Gasteiger partial charge in [0.25, 0.3) is 0 Å². The van der Waals surface area contributed by atoms with Crippen molar-refractivity contribution in [3.8, 4) is 0 Å². The van der Waals surface area contributed by atoms with Gasteiger partial charge in [-0.1, -0.05) is 0 Å². The van der Waals surface area contributed by atoms with Crippen LogP contribution in [0, 0.1) is 5.92 Å². The van der Waals surface area contributed by atoms with Crippen LogP contribution in [-0.4, -0.2) is 52.0 Å². The molecule has 112 valence electrons. The van der Waals surface area contributed by atoms with Crippen LogP contribution in [0.15, 0.2) is 0 Å². The van der Waals surface area contributed by atoms with Gasteiger partial charge in [0, 0.05) is 19.6 Å². The Balaban J connectivity index is 2.02. The van der Waals surface area contributed by atoms with Crippen molar-refractivity contribution in [2.75, 3.05) is 40.0 Å². The van der Waals surface area contributed by atoms with Crippen LogP contribution in [0.2, 0.25) is 0 Å². The average Bonchev–Trinajstić information content (AvgIpc) is 2.42. The minimum Gasteiger partial charge on any atom is -0.382 e. The van der Waals surface area contributed by atoms with Crippen LogP contribution < -0.4 is 10.6 Å². The molecule has 1 rings (SSSR count). The van der Waals surface area contributed by atoms with Gasteiger partial charge in [0.05, 0.1) is 19.8 Å². The molecular formula is C14H28N2O3. The van der Waals surface area contributed by atoms with Crippen molar-refractivity contribution in [3.05, 3.63) is 0 Å². The van der Waals surface area contributed by atoms with E-state index in [0.717, 1.165) is 19.5 Å². The number of hydrogen-bond acceptors (Lipinski definition) is 4. The summed E-state index contributed by atoms with van der Waals surface area (Å²) in [6.45, 7) is 5.87. The van der Waals surface area contributed by atoms with E-state index in [0.29, 0.717) is 32.2 Å². The number of rotatable bonds is 9. The molecule has 2 N–H and O–H groups in total. The number of nitrogens with one attached hydrogen (secondary N) is 2. The summed E-state index contributed by atoms with van der Waals surface area (Å²) in [4.78, 5) is 11.8. The van der Waals surface area contributed by atoms with Gasteiger partial charge in [-0.3, -0.25) is 4.79 Å². The van der Waals surface area contributed by atoms with Gasteiger partial charge in [-0.25, -0.2) is 0 Å². The molecule has 0 spiro atoms. The molecule has 5 heteroatoms. The molecule has 0 aromatic heterocycles. The third-order valence-electron chi connectivity index (χ3n) is 3.45. The summed E-state index contributed by atoms with van der Waals surface area (Å²) in [6, 6.07) is 0.0670. The van der Waals surface area contributed by atoms with Gasteiger partial charge in [0.15, 0.2) is 0 Å². The number of ether oxygens (including phenoxy) is 2. The summed E-state index contributed by atoms with van der Waals surface area (Å²) in [5, 5.41) is 6.32.